The molecule has 28 heavy (non-hydrogen) atoms. The van der Waals surface area contributed by atoms with Gasteiger partial charge in [-0.05, 0) is 40.5 Å². The molecule has 0 radical (unpaired) electrons. The Morgan fingerprint density at radius 2 is 1.71 bits per heavy atom. The molecule has 2 rings (SSSR count). The predicted octanol–water partition coefficient (Wildman–Crippen LogP) is 2.83. The number of rotatable bonds is 8. The number of nitrogens with zero attached hydrogens (tertiary/aromatic N) is 2. The third-order valence-electron chi connectivity index (χ3n) is 5.57. The van der Waals surface area contributed by atoms with E-state index in [1.807, 2.05) is 0 Å². The fourth-order valence-corrected chi connectivity index (χ4v) is 4.11. The van der Waals surface area contributed by atoms with Gasteiger partial charge in [0.1, 0.15) is 0 Å². The Bertz CT molecular complexity index is 441. The molecule has 0 spiro atoms. The Balaban J connectivity index is 0.00000392. The highest BCUT2D eigenvalue weighted by molar-refractivity contribution is 14.0. The molecule has 166 valence electrons. The van der Waals surface area contributed by atoms with E-state index >= 15 is 0 Å². The summed E-state index contributed by atoms with van der Waals surface area (Å²) in [6.07, 6.45) is 6.68. The second kappa shape index (κ2) is 13.2. The average molecular weight is 510 g/mol. The molecule has 1 saturated carbocycles. The van der Waals surface area contributed by atoms with E-state index < -0.39 is 0 Å². The average Bonchev–Trinajstić information content (AvgIpc) is 2.64. The second-order valence-corrected chi connectivity index (χ2v) is 9.25. The highest BCUT2D eigenvalue weighted by Crippen LogP contribution is 2.37. The Morgan fingerprint density at radius 3 is 2.32 bits per heavy atom. The van der Waals surface area contributed by atoms with Crippen LogP contribution in [0.4, 0.5) is 0 Å². The summed E-state index contributed by atoms with van der Waals surface area (Å²) in [4.78, 5) is 7.61. The highest BCUT2D eigenvalue weighted by Gasteiger charge is 2.34. The number of ether oxygens (including phenoxy) is 1. The third-order valence-corrected chi connectivity index (χ3v) is 5.57. The first-order valence-electron chi connectivity index (χ1n) is 11.0. The van der Waals surface area contributed by atoms with Crippen LogP contribution in [-0.2, 0) is 4.74 Å². The van der Waals surface area contributed by atoms with E-state index in [9.17, 15) is 0 Å². The van der Waals surface area contributed by atoms with Gasteiger partial charge in [-0.15, -0.1) is 24.0 Å². The second-order valence-electron chi connectivity index (χ2n) is 9.25. The molecule has 2 fully saturated rings. The fourth-order valence-electron chi connectivity index (χ4n) is 4.11. The molecule has 7 heteroatoms. The van der Waals surface area contributed by atoms with Crippen LogP contribution in [0.2, 0.25) is 0 Å². The van der Waals surface area contributed by atoms with Crippen molar-refractivity contribution < 1.29 is 4.74 Å². The Labute approximate surface area is 190 Å². The lowest BCUT2D eigenvalue weighted by Gasteiger charge is -2.41. The van der Waals surface area contributed by atoms with Crippen molar-refractivity contribution in [3.8, 4) is 0 Å². The standard InChI is InChI=1S/C21H43N5O.HI/c1-5-22-19(23-11-12-25-20(2,3)4)24-17-21(9-7-6-8-10-21)18-26-13-15-27-16-14-26;/h25H,5-18H2,1-4H3,(H2,22,23,24);1H. The van der Waals surface area contributed by atoms with Crippen LogP contribution < -0.4 is 16.0 Å². The van der Waals surface area contributed by atoms with Gasteiger partial charge in [0.2, 0.25) is 0 Å². The van der Waals surface area contributed by atoms with E-state index in [1.54, 1.807) is 0 Å². The van der Waals surface area contributed by atoms with Gasteiger partial charge in [0.25, 0.3) is 0 Å². The summed E-state index contributed by atoms with van der Waals surface area (Å²) in [7, 11) is 0. The first kappa shape index (κ1) is 25.9. The quantitative estimate of drug-likeness (QED) is 0.203. The van der Waals surface area contributed by atoms with E-state index in [0.29, 0.717) is 5.41 Å². The number of hydrogen-bond acceptors (Lipinski definition) is 4. The Kier molecular flexibility index (Phi) is 12.3. The van der Waals surface area contributed by atoms with Gasteiger partial charge >= 0.3 is 0 Å². The number of morpholine rings is 1. The molecule has 3 N–H and O–H groups in total. The fraction of sp³-hybridized carbons (Fsp3) is 0.952. The maximum absolute atomic E-state index is 5.54. The van der Waals surface area contributed by atoms with Crippen LogP contribution in [0.3, 0.4) is 0 Å². The summed E-state index contributed by atoms with van der Waals surface area (Å²) in [6, 6.07) is 0. The molecule has 0 unspecified atom stereocenters. The summed E-state index contributed by atoms with van der Waals surface area (Å²) in [5.74, 6) is 0.958. The summed E-state index contributed by atoms with van der Waals surface area (Å²) in [5.41, 5.74) is 0.489. The van der Waals surface area contributed by atoms with Gasteiger partial charge in [0.15, 0.2) is 5.96 Å². The molecular weight excluding hydrogens is 465 g/mol. The Morgan fingerprint density at radius 1 is 1.04 bits per heavy atom. The SMILES string of the molecule is CCNC(=NCC1(CN2CCOCC2)CCCCC1)NCCNC(C)(C)C.I. The van der Waals surface area contributed by atoms with Crippen molar-refractivity contribution in [3.05, 3.63) is 0 Å². The predicted molar refractivity (Wildman–Crippen MR) is 130 cm³/mol. The molecule has 1 saturated heterocycles. The molecule has 0 aromatic carbocycles. The molecule has 0 aromatic rings. The van der Waals surface area contributed by atoms with Crippen LogP contribution >= 0.6 is 24.0 Å². The number of aliphatic imine (C=N–C) groups is 1. The summed E-state index contributed by atoms with van der Waals surface area (Å²) in [6.45, 7) is 17.5. The van der Waals surface area contributed by atoms with Crippen LogP contribution in [0.5, 0.6) is 0 Å². The molecule has 2 aliphatic rings. The maximum atomic E-state index is 5.54. The van der Waals surface area contributed by atoms with Crippen molar-refractivity contribution in [2.24, 2.45) is 10.4 Å². The smallest absolute Gasteiger partial charge is 0.191 e. The van der Waals surface area contributed by atoms with Gasteiger partial charge in [0.05, 0.1) is 13.2 Å². The third kappa shape index (κ3) is 10.1. The normalized spacial score (nSPS) is 21.1. The zero-order valence-electron chi connectivity index (χ0n) is 18.6. The van der Waals surface area contributed by atoms with Crippen molar-refractivity contribution in [2.75, 3.05) is 59.0 Å². The molecule has 0 aromatic heterocycles. The first-order chi connectivity index (χ1) is 12.9. The van der Waals surface area contributed by atoms with Crippen LogP contribution in [0.1, 0.15) is 59.8 Å². The van der Waals surface area contributed by atoms with Crippen LogP contribution in [-0.4, -0.2) is 75.4 Å². The minimum atomic E-state index is 0. The Hall–Kier alpha value is -0.120. The number of halogens is 1. The lowest BCUT2D eigenvalue weighted by Crippen LogP contribution is -2.47. The molecule has 0 atom stereocenters. The summed E-state index contributed by atoms with van der Waals surface area (Å²) in [5, 5.41) is 10.4. The van der Waals surface area contributed by atoms with E-state index in [1.165, 1.54) is 38.6 Å². The summed E-state index contributed by atoms with van der Waals surface area (Å²) < 4.78 is 5.54. The topological polar surface area (TPSA) is 60.9 Å². The molecule has 1 aliphatic heterocycles. The van der Waals surface area contributed by atoms with Crippen molar-refractivity contribution in [3.63, 3.8) is 0 Å². The van der Waals surface area contributed by atoms with Gasteiger partial charge < -0.3 is 20.7 Å². The zero-order chi connectivity index (χ0) is 19.6. The van der Waals surface area contributed by atoms with Crippen LogP contribution in [0, 0.1) is 5.41 Å². The number of hydrogen-bond donors (Lipinski definition) is 3. The van der Waals surface area contributed by atoms with Crippen molar-refractivity contribution in [2.45, 2.75) is 65.3 Å². The molecule has 1 aliphatic carbocycles. The van der Waals surface area contributed by atoms with E-state index in [0.717, 1.165) is 58.4 Å². The molecule has 0 bridgehead atoms. The van der Waals surface area contributed by atoms with Crippen LogP contribution in [0.25, 0.3) is 0 Å². The molecule has 6 nitrogen and oxygen atoms in total. The van der Waals surface area contributed by atoms with Crippen molar-refractivity contribution in [1.82, 2.24) is 20.9 Å². The monoisotopic (exact) mass is 509 g/mol. The highest BCUT2D eigenvalue weighted by atomic mass is 127. The zero-order valence-corrected chi connectivity index (χ0v) is 20.9. The lowest BCUT2D eigenvalue weighted by atomic mass is 9.73. The number of nitrogens with one attached hydrogen (secondary N) is 3. The maximum Gasteiger partial charge on any atom is 0.191 e. The van der Waals surface area contributed by atoms with E-state index in [4.69, 9.17) is 9.73 Å². The minimum Gasteiger partial charge on any atom is -0.379 e. The van der Waals surface area contributed by atoms with Crippen LogP contribution in [0.15, 0.2) is 4.99 Å². The number of guanidine groups is 1. The lowest BCUT2D eigenvalue weighted by molar-refractivity contribution is 0.00937. The summed E-state index contributed by atoms with van der Waals surface area (Å²) >= 11 is 0. The van der Waals surface area contributed by atoms with Gasteiger partial charge in [-0.2, -0.15) is 0 Å². The van der Waals surface area contributed by atoms with E-state index in [2.05, 4.69) is 48.5 Å². The van der Waals surface area contributed by atoms with Gasteiger partial charge in [-0.3, -0.25) is 9.89 Å². The molecule has 1 heterocycles. The molecular formula is C21H44IN5O. The largest absolute Gasteiger partial charge is 0.379 e. The first-order valence-corrected chi connectivity index (χ1v) is 11.0. The van der Waals surface area contributed by atoms with Gasteiger partial charge in [-0.25, -0.2) is 0 Å². The van der Waals surface area contributed by atoms with E-state index in [-0.39, 0.29) is 29.5 Å². The van der Waals surface area contributed by atoms with Crippen molar-refractivity contribution >= 4 is 29.9 Å². The minimum absolute atomic E-state index is 0. The molecule has 0 amide bonds. The van der Waals surface area contributed by atoms with Gasteiger partial charge in [0, 0.05) is 56.8 Å². The van der Waals surface area contributed by atoms with Crippen molar-refractivity contribution in [1.29, 1.82) is 0 Å². The van der Waals surface area contributed by atoms with Gasteiger partial charge in [-0.1, -0.05) is 19.3 Å².